The molecule has 0 spiro atoms. The maximum absolute atomic E-state index is 12.4. The van der Waals surface area contributed by atoms with Crippen LogP contribution in [0.4, 0.5) is 0 Å². The number of fused-ring (bicyclic) bond motifs is 5. The zero-order chi connectivity index (χ0) is 14.1. The van der Waals surface area contributed by atoms with E-state index < -0.39 is 0 Å². The summed E-state index contributed by atoms with van der Waals surface area (Å²) in [5, 5.41) is 0. The fourth-order valence-corrected chi connectivity index (χ4v) is 4.04. The maximum atomic E-state index is 12.4. The molecule has 0 N–H and O–H groups in total. The van der Waals surface area contributed by atoms with Crippen LogP contribution in [0.3, 0.4) is 0 Å². The molecule has 3 heterocycles. The second-order valence-corrected chi connectivity index (χ2v) is 6.44. The lowest BCUT2D eigenvalue weighted by molar-refractivity contribution is -0.142. The number of amides is 2. The smallest absolute Gasteiger partial charge is 0.235 e. The Balaban J connectivity index is 1.49. The molecule has 3 aliphatic rings. The number of nitrogens with zero attached hydrogens (tertiary/aromatic N) is 1. The summed E-state index contributed by atoms with van der Waals surface area (Å²) in [5.41, 5.74) is 0. The minimum absolute atomic E-state index is 0.0241. The molecular formula is C16H25NO3. The highest BCUT2D eigenvalue weighted by Crippen LogP contribution is 2.48. The van der Waals surface area contributed by atoms with E-state index >= 15 is 0 Å². The first-order chi connectivity index (χ1) is 9.74. The summed E-state index contributed by atoms with van der Waals surface area (Å²) in [7, 11) is 0. The van der Waals surface area contributed by atoms with Gasteiger partial charge in [0.2, 0.25) is 11.8 Å². The predicted octanol–water partition coefficient (Wildman–Crippen LogP) is 2.51. The summed E-state index contributed by atoms with van der Waals surface area (Å²) in [5.74, 6) is -0.218. The molecule has 2 bridgehead atoms. The molecule has 3 aliphatic heterocycles. The van der Waals surface area contributed by atoms with E-state index in [1.165, 1.54) is 30.6 Å². The average molecular weight is 279 g/mol. The molecule has 0 aromatic rings. The Morgan fingerprint density at radius 2 is 1.50 bits per heavy atom. The monoisotopic (exact) mass is 279 g/mol. The van der Waals surface area contributed by atoms with E-state index in [1.807, 2.05) is 0 Å². The van der Waals surface area contributed by atoms with Gasteiger partial charge in [0.1, 0.15) is 0 Å². The van der Waals surface area contributed by atoms with E-state index in [2.05, 4.69) is 6.92 Å². The van der Waals surface area contributed by atoms with Crippen molar-refractivity contribution in [2.75, 3.05) is 6.54 Å². The zero-order valence-corrected chi connectivity index (χ0v) is 12.3. The summed E-state index contributed by atoms with van der Waals surface area (Å²) >= 11 is 0. The lowest BCUT2D eigenvalue weighted by Crippen LogP contribution is -2.35. The third kappa shape index (κ3) is 2.28. The maximum Gasteiger partial charge on any atom is 0.235 e. The fraction of sp³-hybridized carbons (Fsp3) is 0.875. The van der Waals surface area contributed by atoms with Gasteiger partial charge in [0.25, 0.3) is 0 Å². The Kier molecular flexibility index (Phi) is 4.11. The Hall–Kier alpha value is -0.900. The molecule has 4 atom stereocenters. The standard InChI is InChI=1S/C16H25NO3/c1-2-3-4-5-6-7-10-17-15(18)13-11-8-9-12(20-11)14(13)16(17)19/h11-14H,2-10H2,1H3/t11-,12+,13-,14+. The predicted molar refractivity (Wildman–Crippen MR) is 75.0 cm³/mol. The van der Waals surface area contributed by atoms with Crippen molar-refractivity contribution < 1.29 is 14.3 Å². The van der Waals surface area contributed by atoms with Crippen molar-refractivity contribution in [3.63, 3.8) is 0 Å². The van der Waals surface area contributed by atoms with Gasteiger partial charge in [-0.25, -0.2) is 0 Å². The van der Waals surface area contributed by atoms with Crippen LogP contribution in [0.1, 0.15) is 58.3 Å². The second kappa shape index (κ2) is 5.84. The molecule has 0 unspecified atom stereocenters. The molecule has 112 valence electrons. The van der Waals surface area contributed by atoms with Crippen LogP contribution in [0.15, 0.2) is 0 Å². The van der Waals surface area contributed by atoms with Crippen LogP contribution in [-0.4, -0.2) is 35.5 Å². The minimum Gasteiger partial charge on any atom is -0.373 e. The Labute approximate surface area is 120 Å². The summed E-state index contributed by atoms with van der Waals surface area (Å²) in [6.07, 6.45) is 9.04. The SMILES string of the molecule is CCCCCCCCN1C(=O)[C@@H]2[C@H](C1=O)[C@H]1CC[C@@H]2O1. The van der Waals surface area contributed by atoms with Crippen LogP contribution < -0.4 is 0 Å². The lowest BCUT2D eigenvalue weighted by atomic mass is 9.81. The highest BCUT2D eigenvalue weighted by molar-refractivity contribution is 6.06. The van der Waals surface area contributed by atoms with Crippen molar-refractivity contribution in [2.45, 2.75) is 70.5 Å². The van der Waals surface area contributed by atoms with E-state index in [9.17, 15) is 9.59 Å². The number of hydrogen-bond donors (Lipinski definition) is 0. The van der Waals surface area contributed by atoms with E-state index in [0.29, 0.717) is 6.54 Å². The molecule has 4 nitrogen and oxygen atoms in total. The Bertz CT molecular complexity index is 367. The van der Waals surface area contributed by atoms with Gasteiger partial charge in [-0.2, -0.15) is 0 Å². The number of rotatable bonds is 7. The van der Waals surface area contributed by atoms with Gasteiger partial charge in [-0.15, -0.1) is 0 Å². The third-order valence-corrected chi connectivity index (χ3v) is 5.11. The Morgan fingerprint density at radius 3 is 2.10 bits per heavy atom. The van der Waals surface area contributed by atoms with Crippen molar-refractivity contribution in [1.82, 2.24) is 4.90 Å². The van der Waals surface area contributed by atoms with Gasteiger partial charge in [-0.3, -0.25) is 14.5 Å². The van der Waals surface area contributed by atoms with Crippen LogP contribution >= 0.6 is 0 Å². The van der Waals surface area contributed by atoms with E-state index in [-0.39, 0.29) is 35.9 Å². The van der Waals surface area contributed by atoms with Crippen LogP contribution in [0.5, 0.6) is 0 Å². The number of likely N-dealkylation sites (tertiary alicyclic amines) is 1. The van der Waals surface area contributed by atoms with E-state index in [0.717, 1.165) is 25.7 Å². The van der Waals surface area contributed by atoms with Crippen LogP contribution in [0, 0.1) is 11.8 Å². The topological polar surface area (TPSA) is 46.6 Å². The lowest BCUT2D eigenvalue weighted by Gasteiger charge is -2.17. The van der Waals surface area contributed by atoms with Crippen molar-refractivity contribution in [3.05, 3.63) is 0 Å². The molecule has 0 aromatic heterocycles. The number of hydrogen-bond acceptors (Lipinski definition) is 3. The van der Waals surface area contributed by atoms with Gasteiger partial charge < -0.3 is 4.74 Å². The number of unbranched alkanes of at least 4 members (excludes halogenated alkanes) is 5. The third-order valence-electron chi connectivity index (χ3n) is 5.11. The fourth-order valence-electron chi connectivity index (χ4n) is 4.04. The molecule has 0 saturated carbocycles. The summed E-state index contributed by atoms with van der Waals surface area (Å²) in [6, 6.07) is 0. The van der Waals surface area contributed by atoms with E-state index in [1.54, 1.807) is 0 Å². The quantitative estimate of drug-likeness (QED) is 0.531. The second-order valence-electron chi connectivity index (χ2n) is 6.44. The largest absolute Gasteiger partial charge is 0.373 e. The summed E-state index contributed by atoms with van der Waals surface area (Å²) in [4.78, 5) is 26.3. The van der Waals surface area contributed by atoms with Crippen molar-refractivity contribution in [1.29, 1.82) is 0 Å². The van der Waals surface area contributed by atoms with Crippen LogP contribution in [-0.2, 0) is 14.3 Å². The molecule has 3 fully saturated rings. The van der Waals surface area contributed by atoms with Crippen molar-refractivity contribution >= 4 is 11.8 Å². The molecule has 0 radical (unpaired) electrons. The number of carbonyl (C=O) groups is 2. The highest BCUT2D eigenvalue weighted by Gasteiger charge is 2.62. The number of carbonyl (C=O) groups excluding carboxylic acids is 2. The minimum atomic E-state index is -0.152. The van der Waals surface area contributed by atoms with Crippen molar-refractivity contribution in [3.8, 4) is 0 Å². The first-order valence-electron chi connectivity index (χ1n) is 8.24. The van der Waals surface area contributed by atoms with Crippen LogP contribution in [0.2, 0.25) is 0 Å². The van der Waals surface area contributed by atoms with Gasteiger partial charge in [0.05, 0.1) is 24.0 Å². The Morgan fingerprint density at radius 1 is 0.950 bits per heavy atom. The summed E-state index contributed by atoms with van der Waals surface area (Å²) in [6.45, 7) is 2.83. The van der Waals surface area contributed by atoms with Gasteiger partial charge in [0.15, 0.2) is 0 Å². The first-order valence-corrected chi connectivity index (χ1v) is 8.24. The zero-order valence-electron chi connectivity index (χ0n) is 12.3. The molecule has 3 saturated heterocycles. The average Bonchev–Trinajstić information content (AvgIpc) is 3.11. The van der Waals surface area contributed by atoms with Crippen molar-refractivity contribution in [2.24, 2.45) is 11.8 Å². The van der Waals surface area contributed by atoms with Gasteiger partial charge in [-0.1, -0.05) is 39.0 Å². The molecule has 0 aliphatic carbocycles. The normalized spacial score (nSPS) is 35.1. The number of imide groups is 1. The molecule has 2 amide bonds. The number of ether oxygens (including phenoxy) is 1. The van der Waals surface area contributed by atoms with Gasteiger partial charge in [-0.05, 0) is 19.3 Å². The van der Waals surface area contributed by atoms with E-state index in [4.69, 9.17) is 4.74 Å². The highest BCUT2D eigenvalue weighted by atomic mass is 16.5. The molecule has 0 aromatic carbocycles. The first kappa shape index (κ1) is 14.1. The van der Waals surface area contributed by atoms with Gasteiger partial charge in [0, 0.05) is 6.54 Å². The molecule has 20 heavy (non-hydrogen) atoms. The summed E-state index contributed by atoms with van der Waals surface area (Å²) < 4.78 is 5.73. The molecular weight excluding hydrogens is 254 g/mol. The molecule has 3 rings (SSSR count). The van der Waals surface area contributed by atoms with Crippen LogP contribution in [0.25, 0.3) is 0 Å². The van der Waals surface area contributed by atoms with Gasteiger partial charge >= 0.3 is 0 Å². The molecule has 4 heteroatoms.